The fourth-order valence-electron chi connectivity index (χ4n) is 0.586. The first-order valence-electron chi connectivity index (χ1n) is 2.96. The molecule has 0 atom stereocenters. The van der Waals surface area contributed by atoms with Crippen molar-refractivity contribution in [2.45, 2.75) is 0 Å². The fourth-order valence-corrected chi connectivity index (χ4v) is 0.586. The molecule has 0 fully saturated rings. The Balaban J connectivity index is 2.52. The number of terminal acetylenes is 1. The first-order chi connectivity index (χ1) is 4.93. The van der Waals surface area contributed by atoms with Gasteiger partial charge in [-0.2, -0.15) is 0 Å². The van der Waals surface area contributed by atoms with Gasteiger partial charge in [-0.05, 0) is 6.07 Å². The van der Waals surface area contributed by atoms with Crippen molar-refractivity contribution in [1.29, 1.82) is 0 Å². The number of benzene rings is 1. The molecular formula is C9H7O. The van der Waals surface area contributed by atoms with Crippen molar-refractivity contribution in [1.82, 2.24) is 0 Å². The molecular weight excluding hydrogens is 124 g/mol. The third-order valence-electron chi connectivity index (χ3n) is 0.992. The summed E-state index contributed by atoms with van der Waals surface area (Å²) in [5.41, 5.74) is 0. The molecule has 0 N–H and O–H groups in total. The Kier molecular flexibility index (Phi) is 2.39. The predicted octanol–water partition coefficient (Wildman–Crippen LogP) is 1.50. The van der Waals surface area contributed by atoms with E-state index in [1.54, 1.807) is 6.07 Å². The first-order valence-corrected chi connectivity index (χ1v) is 2.96. The number of ether oxygens (including phenoxy) is 1. The van der Waals surface area contributed by atoms with Gasteiger partial charge in [0, 0.05) is 6.07 Å². The minimum atomic E-state index is 0.306. The van der Waals surface area contributed by atoms with Gasteiger partial charge in [0.1, 0.15) is 12.4 Å². The highest BCUT2D eigenvalue weighted by Gasteiger charge is 1.86. The largest absolute Gasteiger partial charge is 0.480 e. The van der Waals surface area contributed by atoms with E-state index in [1.165, 1.54) is 0 Å². The fraction of sp³-hybridized carbons (Fsp3) is 0.111. The van der Waals surface area contributed by atoms with Gasteiger partial charge in [-0.3, -0.25) is 0 Å². The highest BCUT2D eigenvalue weighted by Crippen LogP contribution is 2.05. The highest BCUT2D eigenvalue weighted by molar-refractivity contribution is 5.19. The summed E-state index contributed by atoms with van der Waals surface area (Å²) in [5, 5.41) is 0. The molecule has 0 saturated heterocycles. The van der Waals surface area contributed by atoms with Crippen LogP contribution in [0.3, 0.4) is 0 Å². The molecule has 0 unspecified atom stereocenters. The zero-order chi connectivity index (χ0) is 7.23. The van der Waals surface area contributed by atoms with E-state index in [1.807, 2.05) is 18.2 Å². The second kappa shape index (κ2) is 3.58. The van der Waals surface area contributed by atoms with E-state index in [9.17, 15) is 0 Å². The van der Waals surface area contributed by atoms with Gasteiger partial charge in [-0.1, -0.05) is 24.1 Å². The standard InChI is InChI=1S/C9H7O/c1-2-8-10-9-6-4-3-5-7-9/h1,3-6H,8H2. The van der Waals surface area contributed by atoms with Crippen LogP contribution in [-0.2, 0) is 0 Å². The van der Waals surface area contributed by atoms with Crippen molar-refractivity contribution in [2.75, 3.05) is 6.61 Å². The smallest absolute Gasteiger partial charge is 0.148 e. The van der Waals surface area contributed by atoms with Crippen LogP contribution in [-0.4, -0.2) is 6.61 Å². The Morgan fingerprint density at radius 2 is 2.50 bits per heavy atom. The maximum atomic E-state index is 5.06. The maximum absolute atomic E-state index is 5.06. The topological polar surface area (TPSA) is 9.23 Å². The first kappa shape index (κ1) is 6.70. The molecule has 1 nitrogen and oxygen atoms in total. The quantitative estimate of drug-likeness (QED) is 0.552. The third-order valence-corrected chi connectivity index (χ3v) is 0.992. The van der Waals surface area contributed by atoms with Gasteiger partial charge in [-0.25, -0.2) is 0 Å². The molecule has 1 radical (unpaired) electrons. The predicted molar refractivity (Wildman–Crippen MR) is 39.6 cm³/mol. The Bertz CT molecular complexity index is 220. The van der Waals surface area contributed by atoms with E-state index < -0.39 is 0 Å². The second-order valence-electron chi connectivity index (χ2n) is 1.72. The molecule has 0 spiro atoms. The molecule has 49 valence electrons. The molecule has 10 heavy (non-hydrogen) atoms. The van der Waals surface area contributed by atoms with Crippen LogP contribution in [0, 0.1) is 18.4 Å². The van der Waals surface area contributed by atoms with E-state index >= 15 is 0 Å². The van der Waals surface area contributed by atoms with E-state index in [-0.39, 0.29) is 0 Å². The molecule has 0 aliphatic carbocycles. The number of hydrogen-bond acceptors (Lipinski definition) is 1. The van der Waals surface area contributed by atoms with E-state index in [4.69, 9.17) is 11.2 Å². The Labute approximate surface area is 60.6 Å². The van der Waals surface area contributed by atoms with Crippen molar-refractivity contribution in [3.05, 3.63) is 30.3 Å². The minimum absolute atomic E-state index is 0.306. The number of para-hydroxylation sites is 1. The van der Waals surface area contributed by atoms with Crippen molar-refractivity contribution < 1.29 is 4.74 Å². The summed E-state index contributed by atoms with van der Waals surface area (Å²) >= 11 is 0. The van der Waals surface area contributed by atoms with Gasteiger partial charge in [-0.15, -0.1) is 6.42 Å². The SMILES string of the molecule is C#CCOc1[c]cccc1. The lowest BCUT2D eigenvalue weighted by molar-refractivity contribution is 0.369. The van der Waals surface area contributed by atoms with Crippen LogP contribution in [0.1, 0.15) is 0 Å². The molecule has 1 heteroatoms. The van der Waals surface area contributed by atoms with Crippen LogP contribution < -0.4 is 4.74 Å². The summed E-state index contributed by atoms with van der Waals surface area (Å²) in [4.78, 5) is 0. The van der Waals surface area contributed by atoms with Gasteiger partial charge in [0.2, 0.25) is 0 Å². The average Bonchev–Trinajstić information content (AvgIpc) is 2.03. The Hall–Kier alpha value is -1.42. The van der Waals surface area contributed by atoms with Crippen molar-refractivity contribution in [3.8, 4) is 18.1 Å². The molecule has 1 aromatic rings. The van der Waals surface area contributed by atoms with E-state index in [0.717, 1.165) is 0 Å². The molecule has 1 aromatic carbocycles. The van der Waals surface area contributed by atoms with Crippen LogP contribution in [0.5, 0.6) is 5.75 Å². The highest BCUT2D eigenvalue weighted by atomic mass is 16.5. The zero-order valence-corrected chi connectivity index (χ0v) is 5.50. The van der Waals surface area contributed by atoms with Crippen molar-refractivity contribution >= 4 is 0 Å². The van der Waals surface area contributed by atoms with Crippen LogP contribution in [0.25, 0.3) is 0 Å². The van der Waals surface area contributed by atoms with Gasteiger partial charge in [0.15, 0.2) is 0 Å². The van der Waals surface area contributed by atoms with Crippen LogP contribution in [0.15, 0.2) is 24.3 Å². The van der Waals surface area contributed by atoms with E-state index in [0.29, 0.717) is 12.4 Å². The Morgan fingerprint density at radius 3 is 3.10 bits per heavy atom. The molecule has 1 rings (SSSR count). The molecule has 0 saturated carbocycles. The lowest BCUT2D eigenvalue weighted by atomic mass is 10.3. The van der Waals surface area contributed by atoms with Crippen LogP contribution in [0.2, 0.25) is 0 Å². The maximum Gasteiger partial charge on any atom is 0.148 e. The average molecular weight is 131 g/mol. The third kappa shape index (κ3) is 1.83. The summed E-state index contributed by atoms with van der Waals surface area (Å²) in [7, 11) is 0. The second-order valence-corrected chi connectivity index (χ2v) is 1.72. The molecule has 0 bridgehead atoms. The van der Waals surface area contributed by atoms with Gasteiger partial charge < -0.3 is 4.74 Å². The zero-order valence-electron chi connectivity index (χ0n) is 5.50. The lowest BCUT2D eigenvalue weighted by Gasteiger charge is -1.98. The molecule has 0 aliphatic heterocycles. The lowest BCUT2D eigenvalue weighted by Crippen LogP contribution is -1.92. The van der Waals surface area contributed by atoms with E-state index in [2.05, 4.69) is 12.0 Å². The summed E-state index contributed by atoms with van der Waals surface area (Å²) in [6.07, 6.45) is 4.99. The summed E-state index contributed by atoms with van der Waals surface area (Å²) < 4.78 is 5.06. The Morgan fingerprint density at radius 1 is 1.60 bits per heavy atom. The number of rotatable bonds is 2. The van der Waals surface area contributed by atoms with Gasteiger partial charge in [0.25, 0.3) is 0 Å². The molecule has 0 aliphatic rings. The monoisotopic (exact) mass is 131 g/mol. The minimum Gasteiger partial charge on any atom is -0.480 e. The van der Waals surface area contributed by atoms with Crippen molar-refractivity contribution in [3.63, 3.8) is 0 Å². The summed E-state index contributed by atoms with van der Waals surface area (Å²) in [5.74, 6) is 3.07. The molecule has 0 amide bonds. The number of hydrogen-bond donors (Lipinski definition) is 0. The van der Waals surface area contributed by atoms with Crippen molar-refractivity contribution in [2.24, 2.45) is 0 Å². The normalized spacial score (nSPS) is 8.30. The molecule has 0 heterocycles. The van der Waals surface area contributed by atoms with Gasteiger partial charge >= 0.3 is 0 Å². The van der Waals surface area contributed by atoms with Gasteiger partial charge in [0.05, 0.1) is 0 Å². The summed E-state index contributed by atoms with van der Waals surface area (Å²) in [6, 6.07) is 10.2. The van der Waals surface area contributed by atoms with Crippen LogP contribution in [0.4, 0.5) is 0 Å². The summed E-state index contributed by atoms with van der Waals surface area (Å²) in [6.45, 7) is 0.306. The molecule has 0 aromatic heterocycles. The van der Waals surface area contributed by atoms with Crippen LogP contribution >= 0.6 is 0 Å².